The molecule has 0 saturated heterocycles. The van der Waals surface area contributed by atoms with E-state index >= 15 is 0 Å². The molecular weight excluding hydrogens is 431 g/mol. The Morgan fingerprint density at radius 3 is 2.64 bits per heavy atom. The molecule has 0 spiro atoms. The average Bonchev–Trinajstić information content (AvgIpc) is 3.15. The van der Waals surface area contributed by atoms with Gasteiger partial charge in [0.1, 0.15) is 11.6 Å². The van der Waals surface area contributed by atoms with Crippen LogP contribution in [0.3, 0.4) is 0 Å². The standard InChI is InChI=1S/C25H20F3N3O2/c1-29-23(32)13-12-17-6-4-8-19(14-17)24-30-21-10-2-3-11-22(21)31(24)16-18-7-5-9-20(15-18)33-25(26,27)28/h2-15H,16H2,1H3,(H,29,32)/b13-12+. The summed E-state index contributed by atoms with van der Waals surface area (Å²) in [5.74, 6) is 0.175. The molecule has 1 amide bonds. The molecule has 8 heteroatoms. The molecule has 5 nitrogen and oxygen atoms in total. The number of halogens is 3. The second kappa shape index (κ2) is 9.20. The number of nitrogens with one attached hydrogen (secondary N) is 1. The van der Waals surface area contributed by atoms with E-state index in [1.807, 2.05) is 53.1 Å². The fourth-order valence-electron chi connectivity index (χ4n) is 3.52. The van der Waals surface area contributed by atoms with E-state index in [-0.39, 0.29) is 11.7 Å². The zero-order valence-electron chi connectivity index (χ0n) is 17.6. The molecule has 0 aliphatic carbocycles. The van der Waals surface area contributed by atoms with Crippen LogP contribution in [0.1, 0.15) is 11.1 Å². The van der Waals surface area contributed by atoms with Gasteiger partial charge in [-0.25, -0.2) is 4.98 Å². The van der Waals surface area contributed by atoms with E-state index in [9.17, 15) is 18.0 Å². The molecule has 4 rings (SSSR count). The maximum absolute atomic E-state index is 12.6. The Labute approximate surface area is 188 Å². The molecule has 0 atom stereocenters. The first kappa shape index (κ1) is 22.1. The second-order valence-corrected chi connectivity index (χ2v) is 7.28. The lowest BCUT2D eigenvalue weighted by atomic mass is 10.1. The largest absolute Gasteiger partial charge is 0.573 e. The highest BCUT2D eigenvalue weighted by atomic mass is 19.4. The van der Waals surface area contributed by atoms with Crippen LogP contribution in [0, 0.1) is 0 Å². The van der Waals surface area contributed by atoms with Gasteiger partial charge < -0.3 is 14.6 Å². The van der Waals surface area contributed by atoms with Crippen molar-refractivity contribution in [1.82, 2.24) is 14.9 Å². The summed E-state index contributed by atoms with van der Waals surface area (Å²) in [6.45, 7) is 0.295. The summed E-state index contributed by atoms with van der Waals surface area (Å²) < 4.78 is 44.0. The molecule has 3 aromatic carbocycles. The lowest BCUT2D eigenvalue weighted by Crippen LogP contribution is -2.17. The molecule has 0 bridgehead atoms. The van der Waals surface area contributed by atoms with Gasteiger partial charge in [0.05, 0.1) is 11.0 Å². The number of aromatic nitrogens is 2. The van der Waals surface area contributed by atoms with Crippen molar-refractivity contribution in [2.75, 3.05) is 7.05 Å². The minimum Gasteiger partial charge on any atom is -0.406 e. The summed E-state index contributed by atoms with van der Waals surface area (Å²) in [5.41, 5.74) is 3.88. The lowest BCUT2D eigenvalue weighted by Gasteiger charge is -2.13. The summed E-state index contributed by atoms with van der Waals surface area (Å²) in [4.78, 5) is 16.3. The van der Waals surface area contributed by atoms with Gasteiger partial charge in [-0.1, -0.05) is 42.5 Å². The predicted octanol–water partition coefficient (Wildman–Crippen LogP) is 5.41. The molecule has 0 aliphatic heterocycles. The lowest BCUT2D eigenvalue weighted by molar-refractivity contribution is -0.274. The van der Waals surface area contributed by atoms with Gasteiger partial charge in [-0.05, 0) is 47.5 Å². The fraction of sp³-hybridized carbons (Fsp3) is 0.120. The SMILES string of the molecule is CNC(=O)/C=C/c1cccc(-c2nc3ccccc3n2Cc2cccc(OC(F)(F)F)c2)c1. The predicted molar refractivity (Wildman–Crippen MR) is 120 cm³/mol. The fourth-order valence-corrected chi connectivity index (χ4v) is 3.52. The summed E-state index contributed by atoms with van der Waals surface area (Å²) in [6, 6.07) is 21.0. The van der Waals surface area contributed by atoms with Crippen molar-refractivity contribution in [1.29, 1.82) is 0 Å². The van der Waals surface area contributed by atoms with Crippen LogP contribution in [0.25, 0.3) is 28.5 Å². The van der Waals surface area contributed by atoms with E-state index in [1.54, 1.807) is 19.2 Å². The number of ether oxygens (including phenoxy) is 1. The van der Waals surface area contributed by atoms with Crippen molar-refractivity contribution in [3.8, 4) is 17.1 Å². The first-order chi connectivity index (χ1) is 15.8. The maximum atomic E-state index is 12.6. The number of likely N-dealkylation sites (N-methyl/N-ethyl adjacent to an activating group) is 1. The van der Waals surface area contributed by atoms with Gasteiger partial charge in [0.2, 0.25) is 5.91 Å². The molecule has 168 valence electrons. The Kier molecular flexibility index (Phi) is 6.17. The average molecular weight is 451 g/mol. The van der Waals surface area contributed by atoms with Gasteiger partial charge in [0.15, 0.2) is 0 Å². The number of carbonyl (C=O) groups excluding carboxylic acids is 1. The Bertz CT molecular complexity index is 1330. The van der Waals surface area contributed by atoms with Crippen LogP contribution in [0.15, 0.2) is 78.9 Å². The van der Waals surface area contributed by atoms with E-state index in [4.69, 9.17) is 4.98 Å². The Hall–Kier alpha value is -4.07. The number of alkyl halides is 3. The van der Waals surface area contributed by atoms with Gasteiger partial charge in [-0.3, -0.25) is 4.79 Å². The van der Waals surface area contributed by atoms with E-state index in [2.05, 4.69) is 10.1 Å². The van der Waals surface area contributed by atoms with Crippen LogP contribution < -0.4 is 10.1 Å². The third kappa shape index (κ3) is 5.41. The number of para-hydroxylation sites is 2. The Morgan fingerprint density at radius 2 is 1.85 bits per heavy atom. The summed E-state index contributed by atoms with van der Waals surface area (Å²) >= 11 is 0. The number of amides is 1. The normalized spacial score (nSPS) is 11.8. The van der Waals surface area contributed by atoms with Crippen LogP contribution in [0.2, 0.25) is 0 Å². The molecule has 33 heavy (non-hydrogen) atoms. The van der Waals surface area contributed by atoms with Gasteiger partial charge in [0.25, 0.3) is 0 Å². The van der Waals surface area contributed by atoms with Crippen LogP contribution in [0.5, 0.6) is 5.75 Å². The van der Waals surface area contributed by atoms with Gasteiger partial charge in [-0.2, -0.15) is 0 Å². The van der Waals surface area contributed by atoms with Crippen molar-refractivity contribution >= 4 is 23.0 Å². The molecule has 0 aliphatic rings. The second-order valence-electron chi connectivity index (χ2n) is 7.28. The Morgan fingerprint density at radius 1 is 1.06 bits per heavy atom. The maximum Gasteiger partial charge on any atom is 0.573 e. The smallest absolute Gasteiger partial charge is 0.406 e. The van der Waals surface area contributed by atoms with Gasteiger partial charge in [-0.15, -0.1) is 13.2 Å². The van der Waals surface area contributed by atoms with Crippen molar-refractivity contribution in [3.63, 3.8) is 0 Å². The van der Waals surface area contributed by atoms with Crippen LogP contribution in [-0.2, 0) is 11.3 Å². The highest BCUT2D eigenvalue weighted by Gasteiger charge is 2.31. The number of benzene rings is 3. The van der Waals surface area contributed by atoms with Crippen molar-refractivity contribution < 1.29 is 22.7 Å². The van der Waals surface area contributed by atoms with Gasteiger partial charge in [0, 0.05) is 25.2 Å². The molecule has 1 aromatic heterocycles. The molecular formula is C25H20F3N3O2. The number of rotatable bonds is 6. The molecule has 1 N–H and O–H groups in total. The molecule has 0 radical (unpaired) electrons. The monoisotopic (exact) mass is 451 g/mol. The zero-order valence-corrected chi connectivity index (χ0v) is 17.6. The summed E-state index contributed by atoms with van der Waals surface area (Å²) in [5, 5.41) is 2.53. The minimum absolute atomic E-state index is 0.214. The van der Waals surface area contributed by atoms with Crippen molar-refractivity contribution in [2.45, 2.75) is 12.9 Å². The van der Waals surface area contributed by atoms with E-state index in [0.717, 1.165) is 22.2 Å². The number of imidazole rings is 1. The highest BCUT2D eigenvalue weighted by Crippen LogP contribution is 2.28. The van der Waals surface area contributed by atoms with Crippen LogP contribution in [0.4, 0.5) is 13.2 Å². The Balaban J connectivity index is 1.74. The number of carbonyl (C=O) groups is 1. The highest BCUT2D eigenvalue weighted by molar-refractivity contribution is 5.91. The van der Waals surface area contributed by atoms with Crippen molar-refractivity contribution in [2.24, 2.45) is 0 Å². The van der Waals surface area contributed by atoms with Crippen molar-refractivity contribution in [3.05, 3.63) is 90.0 Å². The van der Waals surface area contributed by atoms with E-state index in [1.165, 1.54) is 24.3 Å². The van der Waals surface area contributed by atoms with E-state index in [0.29, 0.717) is 17.9 Å². The number of hydrogen-bond acceptors (Lipinski definition) is 3. The topological polar surface area (TPSA) is 56.2 Å². The molecule has 1 heterocycles. The zero-order chi connectivity index (χ0) is 23.4. The van der Waals surface area contributed by atoms with Gasteiger partial charge >= 0.3 is 6.36 Å². The van der Waals surface area contributed by atoms with Crippen LogP contribution >= 0.6 is 0 Å². The number of hydrogen-bond donors (Lipinski definition) is 1. The van der Waals surface area contributed by atoms with Crippen LogP contribution in [-0.4, -0.2) is 28.9 Å². The minimum atomic E-state index is -4.76. The third-order valence-electron chi connectivity index (χ3n) is 4.95. The first-order valence-corrected chi connectivity index (χ1v) is 10.1. The number of nitrogens with zero attached hydrogens (tertiary/aromatic N) is 2. The summed E-state index contributed by atoms with van der Waals surface area (Å²) in [6.07, 6.45) is -1.62. The summed E-state index contributed by atoms with van der Waals surface area (Å²) in [7, 11) is 1.56. The first-order valence-electron chi connectivity index (χ1n) is 10.1. The number of fused-ring (bicyclic) bond motifs is 1. The molecule has 0 saturated carbocycles. The third-order valence-corrected chi connectivity index (χ3v) is 4.95. The molecule has 0 fully saturated rings. The quantitative estimate of drug-likeness (QED) is 0.399. The molecule has 0 unspecified atom stereocenters. The molecule has 4 aromatic rings. The van der Waals surface area contributed by atoms with E-state index < -0.39 is 6.36 Å².